The minimum absolute atomic E-state index is 0.0474. The van der Waals surface area contributed by atoms with Gasteiger partial charge in [0.2, 0.25) is 0 Å². The lowest BCUT2D eigenvalue weighted by Crippen LogP contribution is -2.26. The summed E-state index contributed by atoms with van der Waals surface area (Å²) in [5.41, 5.74) is 0. The summed E-state index contributed by atoms with van der Waals surface area (Å²) < 4.78 is 10.7. The van der Waals surface area contributed by atoms with Crippen LogP contribution in [0.15, 0.2) is 36.5 Å². The van der Waals surface area contributed by atoms with Gasteiger partial charge < -0.3 is 9.47 Å². The van der Waals surface area contributed by atoms with E-state index < -0.39 is 6.10 Å². The van der Waals surface area contributed by atoms with Crippen molar-refractivity contribution in [2.24, 2.45) is 0 Å². The van der Waals surface area contributed by atoms with E-state index >= 15 is 0 Å². The number of unbranched alkanes of at least 4 members (excludes halogenated alkanes) is 17. The fraction of sp³-hybridized carbons (Fsp3) is 0.784. The molecule has 0 aromatic heterocycles. The Morgan fingerprint density at radius 1 is 0.571 bits per heavy atom. The third kappa shape index (κ3) is 31.4. The lowest BCUT2D eigenvalue weighted by molar-refractivity contribution is -0.157. The lowest BCUT2D eigenvalue weighted by atomic mass is 10.0. The zero-order chi connectivity index (χ0) is 30.8. The standard InChI is InChI=1S/C37H65ClO4/c1-3-5-7-9-11-13-15-17-18-20-22-24-26-28-30-32-37(40)42-35(33-38)34-41-36(39)31-29-27-25-23-21-19-16-14-12-10-8-6-4-2/h5,7,11,13,17-18,35H,3-4,6,8-10,12,14-16,19-34H2,1-2H3/b7-5-,13-11-,18-17-/t35-/m1/s1. The molecule has 0 radical (unpaired) electrons. The first-order chi connectivity index (χ1) is 20.6. The van der Waals surface area contributed by atoms with Crippen LogP contribution in [0.5, 0.6) is 0 Å². The van der Waals surface area contributed by atoms with E-state index in [1.54, 1.807) is 0 Å². The Balaban J connectivity index is 3.60. The zero-order valence-electron chi connectivity index (χ0n) is 27.4. The number of esters is 2. The first kappa shape index (κ1) is 40.5. The van der Waals surface area contributed by atoms with Crippen molar-refractivity contribution in [2.45, 2.75) is 174 Å². The van der Waals surface area contributed by atoms with Gasteiger partial charge in [-0.05, 0) is 44.9 Å². The maximum atomic E-state index is 12.2. The Bertz CT molecular complexity index is 685. The van der Waals surface area contributed by atoms with E-state index in [9.17, 15) is 9.59 Å². The van der Waals surface area contributed by atoms with Gasteiger partial charge in [0.15, 0.2) is 0 Å². The highest BCUT2D eigenvalue weighted by Gasteiger charge is 2.16. The van der Waals surface area contributed by atoms with Gasteiger partial charge in [-0.3, -0.25) is 9.59 Å². The molecule has 42 heavy (non-hydrogen) atoms. The van der Waals surface area contributed by atoms with Gasteiger partial charge in [0.25, 0.3) is 0 Å². The zero-order valence-corrected chi connectivity index (χ0v) is 28.2. The summed E-state index contributed by atoms with van der Waals surface area (Å²) in [6.45, 7) is 4.46. The van der Waals surface area contributed by atoms with Crippen LogP contribution in [-0.2, 0) is 19.1 Å². The number of hydrogen-bond donors (Lipinski definition) is 0. The third-order valence-electron chi connectivity index (χ3n) is 7.42. The molecule has 0 aromatic carbocycles. The third-order valence-corrected chi connectivity index (χ3v) is 7.76. The molecule has 0 aromatic rings. The Morgan fingerprint density at radius 3 is 1.55 bits per heavy atom. The summed E-state index contributed by atoms with van der Waals surface area (Å²) in [4.78, 5) is 24.2. The SMILES string of the molecule is CC/C=C\C/C=C\C/C=C\CCCCCCCC(=O)O[C@H](CCl)COC(=O)CCCCCCCCCCCCCCC. The number of carbonyl (C=O) groups is 2. The summed E-state index contributed by atoms with van der Waals surface area (Å²) in [5.74, 6) is -0.346. The van der Waals surface area contributed by atoms with Crippen molar-refractivity contribution in [1.29, 1.82) is 0 Å². The quantitative estimate of drug-likeness (QED) is 0.0340. The van der Waals surface area contributed by atoms with Crippen LogP contribution >= 0.6 is 11.6 Å². The number of ether oxygens (including phenoxy) is 2. The van der Waals surface area contributed by atoms with Crippen LogP contribution in [0.2, 0.25) is 0 Å². The molecule has 0 saturated heterocycles. The highest BCUT2D eigenvalue weighted by Crippen LogP contribution is 2.14. The van der Waals surface area contributed by atoms with E-state index in [1.165, 1.54) is 83.5 Å². The Hall–Kier alpha value is -1.55. The van der Waals surface area contributed by atoms with Crippen LogP contribution in [0.3, 0.4) is 0 Å². The first-order valence-electron chi connectivity index (χ1n) is 17.5. The van der Waals surface area contributed by atoms with Crippen LogP contribution in [0.1, 0.15) is 168 Å². The average molecular weight is 609 g/mol. The topological polar surface area (TPSA) is 52.6 Å². The Labute approximate surface area is 265 Å². The van der Waals surface area contributed by atoms with E-state index in [2.05, 4.69) is 50.3 Å². The number of carbonyl (C=O) groups excluding carboxylic acids is 2. The van der Waals surface area contributed by atoms with E-state index in [-0.39, 0.29) is 24.4 Å². The summed E-state index contributed by atoms with van der Waals surface area (Å²) >= 11 is 5.95. The van der Waals surface area contributed by atoms with E-state index in [1.807, 2.05) is 0 Å². The molecule has 4 nitrogen and oxygen atoms in total. The molecular weight excluding hydrogens is 544 g/mol. The van der Waals surface area contributed by atoms with Crippen molar-refractivity contribution < 1.29 is 19.1 Å². The lowest BCUT2D eigenvalue weighted by Gasteiger charge is -2.15. The van der Waals surface area contributed by atoms with Crippen LogP contribution in [0.4, 0.5) is 0 Å². The molecule has 0 aliphatic rings. The first-order valence-corrected chi connectivity index (χ1v) is 18.0. The second-order valence-corrected chi connectivity index (χ2v) is 11.9. The van der Waals surface area contributed by atoms with Crippen molar-refractivity contribution in [3.8, 4) is 0 Å². The second-order valence-electron chi connectivity index (χ2n) is 11.5. The van der Waals surface area contributed by atoms with E-state index in [0.717, 1.165) is 57.8 Å². The molecule has 0 bridgehead atoms. The largest absolute Gasteiger partial charge is 0.462 e. The van der Waals surface area contributed by atoms with E-state index in [0.29, 0.717) is 12.8 Å². The van der Waals surface area contributed by atoms with Gasteiger partial charge >= 0.3 is 11.9 Å². The number of alkyl halides is 1. The van der Waals surface area contributed by atoms with Crippen LogP contribution in [0.25, 0.3) is 0 Å². The maximum absolute atomic E-state index is 12.2. The molecule has 0 saturated carbocycles. The Morgan fingerprint density at radius 2 is 1.02 bits per heavy atom. The molecule has 0 aliphatic heterocycles. The molecular formula is C37H65ClO4. The predicted octanol–water partition coefficient (Wildman–Crippen LogP) is 11.8. The van der Waals surface area contributed by atoms with Gasteiger partial charge in [-0.15, -0.1) is 11.6 Å². The van der Waals surface area contributed by atoms with Gasteiger partial charge in [-0.1, -0.05) is 147 Å². The number of halogens is 1. The average Bonchev–Trinajstić information content (AvgIpc) is 2.99. The van der Waals surface area contributed by atoms with Crippen LogP contribution in [-0.4, -0.2) is 30.5 Å². The fourth-order valence-corrected chi connectivity index (χ4v) is 4.94. The van der Waals surface area contributed by atoms with Crippen molar-refractivity contribution >= 4 is 23.5 Å². The molecule has 0 amide bonds. The molecule has 5 heteroatoms. The minimum atomic E-state index is -0.566. The molecule has 0 rings (SSSR count). The second kappa shape index (κ2) is 33.9. The van der Waals surface area contributed by atoms with Gasteiger partial charge in [0.05, 0.1) is 5.88 Å². The molecule has 0 unspecified atom stereocenters. The smallest absolute Gasteiger partial charge is 0.306 e. The Kier molecular flexibility index (Phi) is 32.7. The number of rotatable bonds is 31. The molecule has 244 valence electrons. The maximum Gasteiger partial charge on any atom is 0.306 e. The van der Waals surface area contributed by atoms with Crippen LogP contribution in [0, 0.1) is 0 Å². The van der Waals surface area contributed by atoms with Gasteiger partial charge in [0.1, 0.15) is 12.7 Å². The van der Waals surface area contributed by atoms with Gasteiger partial charge in [-0.25, -0.2) is 0 Å². The van der Waals surface area contributed by atoms with Crippen molar-refractivity contribution in [3.63, 3.8) is 0 Å². The number of hydrogen-bond acceptors (Lipinski definition) is 4. The van der Waals surface area contributed by atoms with Gasteiger partial charge in [0, 0.05) is 12.8 Å². The predicted molar refractivity (Wildman–Crippen MR) is 181 cm³/mol. The van der Waals surface area contributed by atoms with Crippen molar-refractivity contribution in [3.05, 3.63) is 36.5 Å². The minimum Gasteiger partial charge on any atom is -0.462 e. The van der Waals surface area contributed by atoms with E-state index in [4.69, 9.17) is 21.1 Å². The summed E-state index contributed by atoms with van der Waals surface area (Å²) in [7, 11) is 0. The van der Waals surface area contributed by atoms with Gasteiger partial charge in [-0.2, -0.15) is 0 Å². The molecule has 0 N–H and O–H groups in total. The molecule has 0 spiro atoms. The normalized spacial score (nSPS) is 12.5. The highest BCUT2D eigenvalue weighted by atomic mass is 35.5. The summed E-state index contributed by atoms with van der Waals surface area (Å²) in [6.07, 6.45) is 39.7. The number of allylic oxidation sites excluding steroid dienone is 6. The van der Waals surface area contributed by atoms with Crippen molar-refractivity contribution in [2.75, 3.05) is 12.5 Å². The monoisotopic (exact) mass is 608 g/mol. The highest BCUT2D eigenvalue weighted by molar-refractivity contribution is 6.18. The molecule has 0 fully saturated rings. The summed E-state index contributed by atoms with van der Waals surface area (Å²) in [5, 5.41) is 0. The summed E-state index contributed by atoms with van der Waals surface area (Å²) in [6, 6.07) is 0. The molecule has 0 aliphatic carbocycles. The molecule has 1 atom stereocenters. The fourth-order valence-electron chi connectivity index (χ4n) is 4.79. The molecule has 0 heterocycles. The van der Waals surface area contributed by atoms with Crippen LogP contribution < -0.4 is 0 Å². The van der Waals surface area contributed by atoms with Crippen molar-refractivity contribution in [1.82, 2.24) is 0 Å².